The minimum atomic E-state index is -1.62. The minimum absolute atomic E-state index is 0.335. The van der Waals surface area contributed by atoms with E-state index in [1.54, 1.807) is 48.8 Å². The normalized spacial score (nSPS) is 12.5. The number of unbranched alkanes of at least 4 members (excludes halogenated alkanes) is 4. The number of nitrogens with one attached hydrogen (secondary N) is 1. The molecule has 3 aromatic carbocycles. The highest BCUT2D eigenvalue weighted by atomic mass is 16.5. The number of benzene rings is 3. The van der Waals surface area contributed by atoms with E-state index in [2.05, 4.69) is 36.1 Å². The molecule has 0 aliphatic carbocycles. The Kier molecular flexibility index (Phi) is 10.7. The third-order valence-corrected chi connectivity index (χ3v) is 7.71. The van der Waals surface area contributed by atoms with Gasteiger partial charge in [0.2, 0.25) is 0 Å². The first-order chi connectivity index (χ1) is 20.7. The van der Waals surface area contributed by atoms with E-state index < -0.39 is 17.4 Å². The van der Waals surface area contributed by atoms with Crippen LogP contribution in [0.1, 0.15) is 87.2 Å². The van der Waals surface area contributed by atoms with E-state index in [0.29, 0.717) is 22.9 Å². The van der Waals surface area contributed by atoms with Gasteiger partial charge in [-0.2, -0.15) is 0 Å². The quantitative estimate of drug-likeness (QED) is 0.147. The molecule has 7 heteroatoms. The summed E-state index contributed by atoms with van der Waals surface area (Å²) in [6, 6.07) is 22.0. The first kappa shape index (κ1) is 31.4. The van der Waals surface area contributed by atoms with Gasteiger partial charge in [0.05, 0.1) is 6.61 Å². The maximum Gasteiger partial charge on any atom is 0.333 e. The van der Waals surface area contributed by atoms with E-state index >= 15 is 0 Å². The summed E-state index contributed by atoms with van der Waals surface area (Å²) in [5.41, 5.74) is 2.94. The number of nitrogens with zero attached hydrogens (tertiary/aromatic N) is 2. The van der Waals surface area contributed by atoms with Crippen LogP contribution in [0.25, 0.3) is 22.5 Å². The standard InChI is InChI=1S/C36H41N3O4/c1-5-6-7-8-9-22-43-32-20-16-27(17-21-32)30-23-37-33(38-24-30)28-14-18-31(19-15-28)36(4,35(41)42)39-34(40)29-12-10-26(11-13-29)25(2)3/h10-21,23-25H,5-9,22H2,1-4H3,(H,39,40)(H,41,42)/t36-/m0/s1. The van der Waals surface area contributed by atoms with E-state index in [4.69, 9.17) is 4.74 Å². The molecule has 224 valence electrons. The van der Waals surface area contributed by atoms with Crippen molar-refractivity contribution in [2.24, 2.45) is 0 Å². The average Bonchev–Trinajstić information content (AvgIpc) is 3.03. The number of aromatic nitrogens is 2. The van der Waals surface area contributed by atoms with Crippen LogP contribution in [0.3, 0.4) is 0 Å². The molecule has 1 aromatic heterocycles. The highest BCUT2D eigenvalue weighted by molar-refractivity contribution is 5.98. The van der Waals surface area contributed by atoms with E-state index in [1.807, 2.05) is 36.4 Å². The van der Waals surface area contributed by atoms with Crippen molar-refractivity contribution in [1.82, 2.24) is 15.3 Å². The maximum atomic E-state index is 13.0. The summed E-state index contributed by atoms with van der Waals surface area (Å²) >= 11 is 0. The van der Waals surface area contributed by atoms with Crippen LogP contribution >= 0.6 is 0 Å². The molecule has 4 rings (SSSR count). The molecule has 0 radical (unpaired) electrons. The van der Waals surface area contributed by atoms with Gasteiger partial charge in [0, 0.05) is 29.1 Å². The molecule has 1 amide bonds. The van der Waals surface area contributed by atoms with Crippen LogP contribution < -0.4 is 10.1 Å². The molecule has 1 atom stereocenters. The molecule has 43 heavy (non-hydrogen) atoms. The van der Waals surface area contributed by atoms with Gasteiger partial charge in [-0.05, 0) is 60.2 Å². The van der Waals surface area contributed by atoms with Crippen LogP contribution in [-0.4, -0.2) is 33.6 Å². The van der Waals surface area contributed by atoms with Crippen molar-refractivity contribution < 1.29 is 19.4 Å². The second-order valence-corrected chi connectivity index (χ2v) is 11.3. The van der Waals surface area contributed by atoms with Crippen LogP contribution in [-0.2, 0) is 10.3 Å². The van der Waals surface area contributed by atoms with Crippen molar-refractivity contribution in [1.29, 1.82) is 0 Å². The van der Waals surface area contributed by atoms with E-state index in [9.17, 15) is 14.7 Å². The molecule has 0 bridgehead atoms. The number of hydrogen-bond donors (Lipinski definition) is 2. The van der Waals surface area contributed by atoms with Gasteiger partial charge in [0.15, 0.2) is 11.4 Å². The lowest BCUT2D eigenvalue weighted by molar-refractivity contribution is -0.144. The van der Waals surface area contributed by atoms with Gasteiger partial charge in [-0.15, -0.1) is 0 Å². The SMILES string of the molecule is CCCCCCCOc1ccc(-c2cnc(-c3ccc([C@](C)(NC(=O)c4ccc(C(C)C)cc4)C(=O)O)cc3)nc2)cc1. The van der Waals surface area contributed by atoms with E-state index in [0.717, 1.165) is 41.0 Å². The number of carboxylic acids is 1. The molecule has 0 saturated heterocycles. The van der Waals surface area contributed by atoms with Gasteiger partial charge in [-0.25, -0.2) is 14.8 Å². The number of carboxylic acid groups (broad SMARTS) is 1. The largest absolute Gasteiger partial charge is 0.494 e. The lowest BCUT2D eigenvalue weighted by Gasteiger charge is -2.27. The summed E-state index contributed by atoms with van der Waals surface area (Å²) in [7, 11) is 0. The molecule has 0 saturated carbocycles. The van der Waals surface area contributed by atoms with E-state index in [1.165, 1.54) is 32.6 Å². The zero-order valence-corrected chi connectivity index (χ0v) is 25.5. The molecule has 0 aliphatic rings. The Morgan fingerprint density at radius 1 is 0.814 bits per heavy atom. The monoisotopic (exact) mass is 579 g/mol. The van der Waals surface area contributed by atoms with Crippen molar-refractivity contribution >= 4 is 11.9 Å². The second kappa shape index (κ2) is 14.6. The molecule has 7 nitrogen and oxygen atoms in total. The number of ether oxygens (including phenoxy) is 1. The van der Waals surface area contributed by atoms with Crippen molar-refractivity contribution in [3.63, 3.8) is 0 Å². The topological polar surface area (TPSA) is 101 Å². The number of rotatable bonds is 14. The van der Waals surface area contributed by atoms with Crippen LogP contribution in [0.2, 0.25) is 0 Å². The van der Waals surface area contributed by atoms with Crippen LogP contribution in [0.5, 0.6) is 5.75 Å². The second-order valence-electron chi connectivity index (χ2n) is 11.3. The highest BCUT2D eigenvalue weighted by Crippen LogP contribution is 2.27. The van der Waals surface area contributed by atoms with E-state index in [-0.39, 0.29) is 0 Å². The molecular weight excluding hydrogens is 538 g/mol. The summed E-state index contributed by atoms with van der Waals surface area (Å²) in [5.74, 6) is 0.0953. The number of carbonyl (C=O) groups excluding carboxylic acids is 1. The van der Waals surface area contributed by atoms with Crippen molar-refractivity contribution in [3.05, 3.63) is 102 Å². The lowest BCUT2D eigenvalue weighted by Crippen LogP contribution is -2.49. The maximum absolute atomic E-state index is 13.0. The average molecular weight is 580 g/mol. The molecule has 0 fully saturated rings. The van der Waals surface area contributed by atoms with Crippen molar-refractivity contribution in [2.45, 2.75) is 71.3 Å². The number of aliphatic carboxylic acids is 1. The van der Waals surface area contributed by atoms with Crippen LogP contribution in [0.4, 0.5) is 0 Å². The zero-order valence-electron chi connectivity index (χ0n) is 25.5. The summed E-state index contributed by atoms with van der Waals surface area (Å²) < 4.78 is 5.87. The Balaban J connectivity index is 1.40. The Morgan fingerprint density at radius 3 is 2.00 bits per heavy atom. The fourth-order valence-corrected chi connectivity index (χ4v) is 4.79. The highest BCUT2D eigenvalue weighted by Gasteiger charge is 2.37. The predicted octanol–water partition coefficient (Wildman–Crippen LogP) is 8.01. The summed E-state index contributed by atoms with van der Waals surface area (Å²) in [4.78, 5) is 34.4. The van der Waals surface area contributed by atoms with Gasteiger partial charge >= 0.3 is 5.97 Å². The minimum Gasteiger partial charge on any atom is -0.494 e. The third kappa shape index (κ3) is 8.07. The Bertz CT molecular complexity index is 1480. The predicted molar refractivity (Wildman–Crippen MR) is 170 cm³/mol. The molecular formula is C36H41N3O4. The molecule has 1 heterocycles. The van der Waals surface area contributed by atoms with Crippen molar-refractivity contribution in [2.75, 3.05) is 6.61 Å². The van der Waals surface area contributed by atoms with Crippen LogP contribution in [0.15, 0.2) is 85.2 Å². The van der Waals surface area contributed by atoms with Gasteiger partial charge < -0.3 is 15.2 Å². The van der Waals surface area contributed by atoms with Gasteiger partial charge in [-0.1, -0.05) is 95.0 Å². The van der Waals surface area contributed by atoms with Crippen molar-refractivity contribution in [3.8, 4) is 28.3 Å². The summed E-state index contributed by atoms with van der Waals surface area (Å²) in [5, 5.41) is 12.8. The smallest absolute Gasteiger partial charge is 0.333 e. The van der Waals surface area contributed by atoms with Gasteiger partial charge in [0.25, 0.3) is 5.91 Å². The van der Waals surface area contributed by atoms with Gasteiger partial charge in [-0.3, -0.25) is 4.79 Å². The van der Waals surface area contributed by atoms with Crippen LogP contribution in [0, 0.1) is 0 Å². The Hall–Kier alpha value is -4.52. The number of hydrogen-bond acceptors (Lipinski definition) is 5. The fourth-order valence-electron chi connectivity index (χ4n) is 4.79. The molecule has 0 aliphatic heterocycles. The lowest BCUT2D eigenvalue weighted by atomic mass is 9.90. The Morgan fingerprint density at radius 2 is 1.42 bits per heavy atom. The molecule has 4 aromatic rings. The number of carbonyl (C=O) groups is 2. The zero-order chi connectivity index (χ0) is 30.8. The summed E-state index contributed by atoms with van der Waals surface area (Å²) in [6.45, 7) is 8.57. The first-order valence-corrected chi connectivity index (χ1v) is 15.0. The van der Waals surface area contributed by atoms with Gasteiger partial charge in [0.1, 0.15) is 5.75 Å². The number of amides is 1. The molecule has 0 unspecified atom stereocenters. The molecule has 2 N–H and O–H groups in total. The third-order valence-electron chi connectivity index (χ3n) is 7.71. The fraction of sp³-hybridized carbons (Fsp3) is 0.333. The first-order valence-electron chi connectivity index (χ1n) is 15.0. The molecule has 0 spiro atoms. The summed E-state index contributed by atoms with van der Waals surface area (Å²) in [6.07, 6.45) is 9.57. The Labute approximate surface area is 254 Å².